The van der Waals surface area contributed by atoms with Crippen LogP contribution < -0.4 is 0 Å². The molecule has 1 amide bonds. The van der Waals surface area contributed by atoms with Crippen molar-refractivity contribution in [3.05, 3.63) is 106 Å². The zero-order valence-corrected chi connectivity index (χ0v) is 19.4. The van der Waals surface area contributed by atoms with E-state index in [9.17, 15) is 14.7 Å². The van der Waals surface area contributed by atoms with E-state index in [2.05, 4.69) is 9.97 Å². The Morgan fingerprint density at radius 1 is 1.12 bits per heavy atom. The molecule has 1 unspecified atom stereocenters. The van der Waals surface area contributed by atoms with Crippen molar-refractivity contribution < 1.29 is 19.1 Å². The third-order valence-corrected chi connectivity index (χ3v) is 6.88. The minimum Gasteiger partial charge on any atom is -0.503 e. The number of pyridine rings is 1. The monoisotopic (exact) mass is 471 g/mol. The van der Waals surface area contributed by atoms with Gasteiger partial charge >= 0.3 is 0 Å². The summed E-state index contributed by atoms with van der Waals surface area (Å²) in [4.78, 5) is 37.4. The predicted molar refractivity (Wildman–Crippen MR) is 127 cm³/mol. The van der Waals surface area contributed by atoms with E-state index in [1.54, 1.807) is 44.4 Å². The first kappa shape index (κ1) is 21.8. The highest BCUT2D eigenvalue weighted by molar-refractivity contribution is 7.17. The van der Waals surface area contributed by atoms with Crippen LogP contribution in [0.3, 0.4) is 0 Å². The molecule has 0 spiro atoms. The number of benzene rings is 1. The first-order valence-corrected chi connectivity index (χ1v) is 11.5. The van der Waals surface area contributed by atoms with E-state index >= 15 is 0 Å². The number of ketones is 1. The maximum Gasteiger partial charge on any atom is 0.290 e. The average molecular weight is 472 g/mol. The quantitative estimate of drug-likeness (QED) is 0.389. The highest BCUT2D eigenvalue weighted by atomic mass is 32.1. The smallest absolute Gasteiger partial charge is 0.290 e. The summed E-state index contributed by atoms with van der Waals surface area (Å²) in [5.74, 6) is -0.579. The number of thiazole rings is 1. The van der Waals surface area contributed by atoms with Gasteiger partial charge in [0.2, 0.25) is 5.78 Å². The molecule has 1 atom stereocenters. The van der Waals surface area contributed by atoms with Crippen LogP contribution in [-0.2, 0) is 11.3 Å². The number of aliphatic hydroxyl groups is 1. The highest BCUT2D eigenvalue weighted by Crippen LogP contribution is 2.42. The minimum atomic E-state index is -0.865. The first-order valence-electron chi connectivity index (χ1n) is 10.7. The van der Waals surface area contributed by atoms with Gasteiger partial charge in [0.15, 0.2) is 5.76 Å². The molecule has 3 aromatic heterocycles. The van der Waals surface area contributed by atoms with Crippen molar-refractivity contribution >= 4 is 23.0 Å². The number of aryl methyl sites for hydroxylation is 2. The fraction of sp³-hybridized carbons (Fsp3) is 0.154. The Hall–Kier alpha value is -4.04. The molecule has 4 heterocycles. The van der Waals surface area contributed by atoms with E-state index in [1.165, 1.54) is 16.2 Å². The normalized spacial score (nSPS) is 15.9. The van der Waals surface area contributed by atoms with Gasteiger partial charge in [-0.25, -0.2) is 4.98 Å². The number of hydrogen-bond donors (Lipinski definition) is 1. The van der Waals surface area contributed by atoms with Crippen LogP contribution >= 0.6 is 11.3 Å². The molecule has 7 nitrogen and oxygen atoms in total. The molecule has 1 aliphatic heterocycles. The van der Waals surface area contributed by atoms with Crippen molar-refractivity contribution in [2.75, 3.05) is 0 Å². The van der Waals surface area contributed by atoms with E-state index in [-0.39, 0.29) is 12.1 Å². The molecule has 5 rings (SSSR count). The molecular formula is C26H21N3O4S. The van der Waals surface area contributed by atoms with Gasteiger partial charge in [0.1, 0.15) is 22.6 Å². The number of carbonyl (C=O) groups is 2. The number of furan rings is 1. The Bertz CT molecular complexity index is 1410. The lowest BCUT2D eigenvalue weighted by Crippen LogP contribution is -2.30. The van der Waals surface area contributed by atoms with Crippen LogP contribution in [0, 0.1) is 13.8 Å². The lowest BCUT2D eigenvalue weighted by molar-refractivity contribution is -0.130. The molecule has 1 aromatic carbocycles. The number of aromatic nitrogens is 2. The lowest BCUT2D eigenvalue weighted by atomic mass is 9.99. The Kier molecular flexibility index (Phi) is 5.59. The maximum atomic E-state index is 13.8. The SMILES string of the molecule is Cc1ccc(C2C(C(=O)c3sc(-c4ccccc4)nc3C)=C(O)C(=O)N2Cc2cccnc2)o1. The molecule has 1 N–H and O–H groups in total. The predicted octanol–water partition coefficient (Wildman–Crippen LogP) is 5.19. The average Bonchev–Trinajstić information content (AvgIpc) is 3.52. The minimum absolute atomic E-state index is 0.00500. The van der Waals surface area contributed by atoms with Crippen molar-refractivity contribution in [2.24, 2.45) is 0 Å². The molecule has 0 aliphatic carbocycles. The van der Waals surface area contributed by atoms with Crippen molar-refractivity contribution in [1.82, 2.24) is 14.9 Å². The summed E-state index contributed by atoms with van der Waals surface area (Å²) in [5.41, 5.74) is 2.20. The third-order valence-electron chi connectivity index (χ3n) is 5.68. The number of hydrogen-bond acceptors (Lipinski definition) is 7. The van der Waals surface area contributed by atoms with Crippen molar-refractivity contribution in [3.63, 3.8) is 0 Å². The fourth-order valence-electron chi connectivity index (χ4n) is 4.07. The number of Topliss-reactive ketones (excluding diaryl/α,β-unsaturated/α-hetero) is 1. The number of nitrogens with zero attached hydrogens (tertiary/aromatic N) is 3. The zero-order chi connectivity index (χ0) is 23.8. The van der Waals surface area contributed by atoms with Crippen LogP contribution in [0.5, 0.6) is 0 Å². The summed E-state index contributed by atoms with van der Waals surface area (Å²) < 4.78 is 5.83. The van der Waals surface area contributed by atoms with Crippen LogP contribution in [0.2, 0.25) is 0 Å². The largest absolute Gasteiger partial charge is 0.503 e. The van der Waals surface area contributed by atoms with Gasteiger partial charge in [-0.1, -0.05) is 36.4 Å². The standard InChI is InChI=1S/C26H21N3O4S/c1-15-10-11-19(33-15)21-20(23(31)26(32)29(21)14-17-7-6-12-27-13-17)22(30)24-16(2)28-25(34-24)18-8-4-3-5-9-18/h3-13,21,31H,14H2,1-2H3. The van der Waals surface area contributed by atoms with E-state index in [0.29, 0.717) is 27.1 Å². The second-order valence-electron chi connectivity index (χ2n) is 8.04. The van der Waals surface area contributed by atoms with Gasteiger partial charge in [-0.15, -0.1) is 11.3 Å². The summed E-state index contributed by atoms with van der Waals surface area (Å²) in [5, 5.41) is 11.6. The zero-order valence-electron chi connectivity index (χ0n) is 18.6. The van der Waals surface area contributed by atoms with E-state index < -0.39 is 23.5 Å². The Labute approximate surface area is 200 Å². The van der Waals surface area contributed by atoms with Crippen LogP contribution in [0.15, 0.2) is 82.7 Å². The molecule has 0 saturated heterocycles. The summed E-state index contributed by atoms with van der Waals surface area (Å²) >= 11 is 1.24. The summed E-state index contributed by atoms with van der Waals surface area (Å²) in [6, 6.07) is 15.8. The van der Waals surface area contributed by atoms with Crippen LogP contribution in [0.4, 0.5) is 0 Å². The van der Waals surface area contributed by atoms with Crippen molar-refractivity contribution in [2.45, 2.75) is 26.4 Å². The summed E-state index contributed by atoms with van der Waals surface area (Å²) in [6.45, 7) is 3.70. The highest BCUT2D eigenvalue weighted by Gasteiger charge is 2.46. The molecule has 34 heavy (non-hydrogen) atoms. The van der Waals surface area contributed by atoms with Gasteiger partial charge in [0, 0.05) is 24.5 Å². The van der Waals surface area contributed by atoms with Crippen LogP contribution in [0.25, 0.3) is 10.6 Å². The van der Waals surface area contributed by atoms with Gasteiger partial charge in [-0.05, 0) is 37.6 Å². The Morgan fingerprint density at radius 3 is 2.59 bits per heavy atom. The maximum absolute atomic E-state index is 13.8. The molecular weight excluding hydrogens is 450 g/mol. The number of rotatable bonds is 6. The molecule has 0 radical (unpaired) electrons. The fourth-order valence-corrected chi connectivity index (χ4v) is 5.09. The Morgan fingerprint density at radius 2 is 1.91 bits per heavy atom. The molecule has 0 bridgehead atoms. The molecule has 4 aromatic rings. The van der Waals surface area contributed by atoms with E-state index in [0.717, 1.165) is 11.1 Å². The van der Waals surface area contributed by atoms with Crippen molar-refractivity contribution in [1.29, 1.82) is 0 Å². The van der Waals surface area contributed by atoms with Gasteiger partial charge in [0.25, 0.3) is 5.91 Å². The molecule has 0 fully saturated rings. The topological polar surface area (TPSA) is 96.5 Å². The molecule has 1 aliphatic rings. The van der Waals surface area contributed by atoms with Crippen molar-refractivity contribution in [3.8, 4) is 10.6 Å². The first-order chi connectivity index (χ1) is 16.4. The number of carbonyl (C=O) groups excluding carboxylic acids is 2. The van der Waals surface area contributed by atoms with E-state index in [1.807, 2.05) is 36.4 Å². The van der Waals surface area contributed by atoms with Gasteiger partial charge in [-0.3, -0.25) is 14.6 Å². The van der Waals surface area contributed by atoms with Crippen LogP contribution in [-0.4, -0.2) is 31.7 Å². The summed E-state index contributed by atoms with van der Waals surface area (Å²) in [6.07, 6.45) is 3.29. The van der Waals surface area contributed by atoms with Gasteiger partial charge in [0.05, 0.1) is 16.1 Å². The second-order valence-corrected chi connectivity index (χ2v) is 9.04. The Balaban J connectivity index is 1.57. The van der Waals surface area contributed by atoms with Gasteiger partial charge in [-0.2, -0.15) is 0 Å². The molecule has 0 saturated carbocycles. The lowest BCUT2D eigenvalue weighted by Gasteiger charge is -2.24. The molecule has 8 heteroatoms. The molecule has 170 valence electrons. The summed E-state index contributed by atoms with van der Waals surface area (Å²) in [7, 11) is 0. The second kappa shape index (κ2) is 8.72. The number of aliphatic hydroxyl groups excluding tert-OH is 1. The van der Waals surface area contributed by atoms with Crippen LogP contribution in [0.1, 0.15) is 38.5 Å². The van der Waals surface area contributed by atoms with Gasteiger partial charge < -0.3 is 14.4 Å². The van der Waals surface area contributed by atoms with E-state index in [4.69, 9.17) is 4.42 Å². The number of amides is 1. The third kappa shape index (κ3) is 3.82.